The van der Waals surface area contributed by atoms with Crippen LogP contribution in [0.15, 0.2) is 9.79 Å². The van der Waals surface area contributed by atoms with Gasteiger partial charge in [0, 0.05) is 39.6 Å². The molecule has 0 bridgehead atoms. The molecule has 2 heterocycles. The van der Waals surface area contributed by atoms with Crippen LogP contribution >= 0.6 is 24.0 Å². The molecule has 1 aromatic heterocycles. The van der Waals surface area contributed by atoms with Crippen molar-refractivity contribution >= 4 is 29.9 Å². The van der Waals surface area contributed by atoms with Gasteiger partial charge in [0.15, 0.2) is 5.96 Å². The summed E-state index contributed by atoms with van der Waals surface area (Å²) >= 11 is 0. The van der Waals surface area contributed by atoms with Crippen LogP contribution in [-0.4, -0.2) is 40.4 Å². The van der Waals surface area contributed by atoms with Gasteiger partial charge in [0.25, 0.3) is 0 Å². The highest BCUT2D eigenvalue weighted by atomic mass is 127. The first-order valence-electron chi connectivity index (χ1n) is 10.9. The third-order valence-electron chi connectivity index (χ3n) is 5.90. The van der Waals surface area contributed by atoms with Gasteiger partial charge in [-0.25, -0.2) is 9.48 Å². The van der Waals surface area contributed by atoms with Gasteiger partial charge in [0.05, 0.1) is 0 Å². The van der Waals surface area contributed by atoms with E-state index in [0.29, 0.717) is 6.54 Å². The second-order valence-electron chi connectivity index (χ2n) is 7.96. The molecule has 0 unspecified atom stereocenters. The van der Waals surface area contributed by atoms with Crippen molar-refractivity contribution in [1.82, 2.24) is 25.0 Å². The summed E-state index contributed by atoms with van der Waals surface area (Å²) < 4.78 is 3.46. The Kier molecular flexibility index (Phi) is 10.4. The number of aromatic nitrogens is 3. The number of hydrogen-bond donors (Lipinski definition) is 2. The minimum Gasteiger partial charge on any atom is -0.356 e. The first kappa shape index (κ1) is 23.2. The fraction of sp³-hybridized carbons (Fsp3) is 0.850. The molecule has 0 saturated heterocycles. The molecule has 3 rings (SSSR count). The van der Waals surface area contributed by atoms with Crippen molar-refractivity contribution in [2.24, 2.45) is 10.9 Å². The minimum atomic E-state index is 0. The predicted molar refractivity (Wildman–Crippen MR) is 125 cm³/mol. The monoisotopic (exact) mass is 504 g/mol. The summed E-state index contributed by atoms with van der Waals surface area (Å²) in [6.07, 6.45) is 13.7. The van der Waals surface area contributed by atoms with Crippen molar-refractivity contribution in [2.45, 2.75) is 83.7 Å². The van der Waals surface area contributed by atoms with E-state index in [2.05, 4.69) is 20.7 Å². The van der Waals surface area contributed by atoms with Crippen molar-refractivity contribution in [3.05, 3.63) is 16.3 Å². The predicted octanol–water partition coefficient (Wildman–Crippen LogP) is 2.91. The Bertz CT molecular complexity index is 662. The molecule has 0 radical (unpaired) electrons. The van der Waals surface area contributed by atoms with E-state index in [9.17, 15) is 4.79 Å². The van der Waals surface area contributed by atoms with Gasteiger partial charge in [-0.2, -0.15) is 5.10 Å². The number of halogens is 1. The first-order valence-corrected chi connectivity index (χ1v) is 10.9. The second kappa shape index (κ2) is 12.5. The maximum Gasteiger partial charge on any atom is 0.345 e. The average molecular weight is 504 g/mol. The Morgan fingerprint density at radius 3 is 2.57 bits per heavy atom. The number of aryl methyl sites for hydroxylation is 2. The molecule has 160 valence electrons. The number of fused-ring (bicyclic) bond motifs is 1. The van der Waals surface area contributed by atoms with Gasteiger partial charge < -0.3 is 10.6 Å². The number of guanidine groups is 1. The number of nitrogens with zero attached hydrogens (tertiary/aromatic N) is 4. The molecule has 1 saturated carbocycles. The summed E-state index contributed by atoms with van der Waals surface area (Å²) in [6, 6.07) is 0. The topological polar surface area (TPSA) is 76.2 Å². The summed E-state index contributed by atoms with van der Waals surface area (Å²) in [7, 11) is 1.81. The Hall–Kier alpha value is -1.06. The molecule has 2 N–H and O–H groups in total. The van der Waals surface area contributed by atoms with Crippen LogP contribution in [0.1, 0.15) is 70.0 Å². The SMILES string of the molecule is CN=C(NCCCC1CCCCC1)NCCCn1nc2n(c1=O)CCCC2.I. The van der Waals surface area contributed by atoms with E-state index in [1.165, 1.54) is 44.9 Å². The van der Waals surface area contributed by atoms with Crippen molar-refractivity contribution in [3.8, 4) is 0 Å². The largest absolute Gasteiger partial charge is 0.356 e. The standard InChI is InChI=1S/C20H36N6O.HI/c1-21-19(22-13-7-11-17-9-3-2-4-10-17)23-14-8-16-26-20(27)25-15-6-5-12-18(25)24-26;/h17H,2-16H2,1H3,(H2,21,22,23);1H. The van der Waals surface area contributed by atoms with Gasteiger partial charge in [0.2, 0.25) is 0 Å². The fourth-order valence-electron chi connectivity index (χ4n) is 4.32. The van der Waals surface area contributed by atoms with Gasteiger partial charge in [0.1, 0.15) is 5.82 Å². The lowest BCUT2D eigenvalue weighted by Crippen LogP contribution is -2.38. The molecule has 0 amide bonds. The zero-order chi connectivity index (χ0) is 18.9. The summed E-state index contributed by atoms with van der Waals surface area (Å²) in [5, 5.41) is 11.2. The lowest BCUT2D eigenvalue weighted by atomic mass is 9.86. The minimum absolute atomic E-state index is 0. The maximum atomic E-state index is 12.3. The summed E-state index contributed by atoms with van der Waals surface area (Å²) in [5.74, 6) is 2.75. The van der Waals surface area contributed by atoms with Crippen molar-refractivity contribution in [1.29, 1.82) is 0 Å². The first-order chi connectivity index (χ1) is 13.3. The van der Waals surface area contributed by atoms with E-state index < -0.39 is 0 Å². The molecule has 1 aliphatic carbocycles. The van der Waals surface area contributed by atoms with Crippen LogP contribution in [-0.2, 0) is 19.5 Å². The Morgan fingerprint density at radius 1 is 1.11 bits per heavy atom. The van der Waals surface area contributed by atoms with Crippen molar-refractivity contribution in [3.63, 3.8) is 0 Å². The van der Waals surface area contributed by atoms with Crippen LogP contribution < -0.4 is 16.3 Å². The van der Waals surface area contributed by atoms with Crippen LogP contribution in [0.5, 0.6) is 0 Å². The van der Waals surface area contributed by atoms with Crippen LogP contribution in [0, 0.1) is 5.92 Å². The average Bonchev–Trinajstić information content (AvgIpc) is 3.03. The third-order valence-corrected chi connectivity index (χ3v) is 5.90. The van der Waals surface area contributed by atoms with Crippen LogP contribution in [0.3, 0.4) is 0 Å². The number of aliphatic imine (C=N–C) groups is 1. The summed E-state index contributed by atoms with van der Waals surface area (Å²) in [4.78, 5) is 16.6. The van der Waals surface area contributed by atoms with Gasteiger partial charge in [-0.3, -0.25) is 9.56 Å². The molecule has 2 aliphatic rings. The van der Waals surface area contributed by atoms with E-state index >= 15 is 0 Å². The lowest BCUT2D eigenvalue weighted by molar-refractivity contribution is 0.332. The molecular formula is C20H37IN6O. The van der Waals surface area contributed by atoms with Gasteiger partial charge in [-0.05, 0) is 38.0 Å². The zero-order valence-electron chi connectivity index (χ0n) is 17.3. The molecule has 1 aliphatic heterocycles. The summed E-state index contributed by atoms with van der Waals surface area (Å²) in [6.45, 7) is 3.24. The number of nitrogens with one attached hydrogen (secondary N) is 2. The van der Waals surface area contributed by atoms with Gasteiger partial charge in [-0.1, -0.05) is 32.1 Å². The van der Waals surface area contributed by atoms with E-state index in [1.54, 1.807) is 4.68 Å². The molecule has 0 atom stereocenters. The number of rotatable bonds is 8. The molecule has 0 spiro atoms. The fourth-order valence-corrected chi connectivity index (χ4v) is 4.32. The van der Waals surface area contributed by atoms with Crippen molar-refractivity contribution < 1.29 is 0 Å². The van der Waals surface area contributed by atoms with E-state index in [0.717, 1.165) is 63.0 Å². The highest BCUT2D eigenvalue weighted by Gasteiger charge is 2.16. The smallest absolute Gasteiger partial charge is 0.345 e. The van der Waals surface area contributed by atoms with Crippen molar-refractivity contribution in [2.75, 3.05) is 20.1 Å². The Labute approximate surface area is 185 Å². The zero-order valence-corrected chi connectivity index (χ0v) is 19.6. The normalized spacial score (nSPS) is 17.7. The Balaban J connectivity index is 0.00000280. The Morgan fingerprint density at radius 2 is 1.86 bits per heavy atom. The van der Waals surface area contributed by atoms with Crippen LogP contribution in [0.25, 0.3) is 0 Å². The molecule has 7 nitrogen and oxygen atoms in total. The van der Waals surface area contributed by atoms with E-state index in [1.807, 2.05) is 11.6 Å². The molecule has 28 heavy (non-hydrogen) atoms. The van der Waals surface area contributed by atoms with E-state index in [4.69, 9.17) is 0 Å². The quantitative estimate of drug-likeness (QED) is 0.247. The highest BCUT2D eigenvalue weighted by molar-refractivity contribution is 14.0. The number of hydrogen-bond acceptors (Lipinski definition) is 3. The molecular weight excluding hydrogens is 467 g/mol. The molecule has 1 aromatic rings. The maximum absolute atomic E-state index is 12.3. The molecule has 0 aromatic carbocycles. The molecule has 1 fully saturated rings. The highest BCUT2D eigenvalue weighted by Crippen LogP contribution is 2.26. The van der Waals surface area contributed by atoms with Gasteiger partial charge >= 0.3 is 5.69 Å². The third kappa shape index (κ3) is 6.77. The van der Waals surface area contributed by atoms with Crippen LogP contribution in [0.2, 0.25) is 0 Å². The van der Waals surface area contributed by atoms with Gasteiger partial charge in [-0.15, -0.1) is 24.0 Å². The summed E-state index contributed by atoms with van der Waals surface area (Å²) in [5.41, 5.74) is 0.0509. The lowest BCUT2D eigenvalue weighted by Gasteiger charge is -2.21. The van der Waals surface area contributed by atoms with Crippen LogP contribution in [0.4, 0.5) is 0 Å². The van der Waals surface area contributed by atoms with E-state index in [-0.39, 0.29) is 29.7 Å². The molecule has 8 heteroatoms. The second-order valence-corrected chi connectivity index (χ2v) is 7.96.